The molecular weight excluding hydrogens is 359 g/mol. The summed E-state index contributed by atoms with van der Waals surface area (Å²) in [6, 6.07) is -0.0575. The van der Waals surface area contributed by atoms with E-state index in [1.165, 1.54) is 0 Å². The van der Waals surface area contributed by atoms with Crippen LogP contribution in [0.4, 0.5) is 0 Å². The molecule has 0 aliphatic carbocycles. The number of hydrogen-bond acceptors (Lipinski definition) is 4. The summed E-state index contributed by atoms with van der Waals surface area (Å²) in [5.74, 6) is 0.230. The number of carbonyl (C=O) groups excluding carboxylic acids is 2. The van der Waals surface area contributed by atoms with Crippen molar-refractivity contribution in [2.45, 2.75) is 58.4 Å². The molecule has 0 fully saturated rings. The summed E-state index contributed by atoms with van der Waals surface area (Å²) >= 11 is 0. The Bertz CT molecular complexity index is 357. The van der Waals surface area contributed by atoms with Gasteiger partial charge in [-0.05, 0) is 52.2 Å². The maximum Gasteiger partial charge on any atom is 0.222 e. The molecule has 0 aromatic heterocycles. The molecule has 0 aliphatic heterocycles. The fraction of sp³-hybridized carbons (Fsp3) is 0.875. The Balaban J connectivity index is 3.86. The molecule has 0 saturated heterocycles. The quantitative estimate of drug-likeness (QED) is 0.295. The first-order valence-corrected chi connectivity index (χ1v) is 13.5. The normalized spacial score (nSPS) is 13.8. The molecule has 0 saturated carbocycles. The van der Waals surface area contributed by atoms with Gasteiger partial charge in [-0.25, -0.2) is 0 Å². The lowest BCUT2D eigenvalue weighted by Gasteiger charge is -2.18. The van der Waals surface area contributed by atoms with Gasteiger partial charge in [0.25, 0.3) is 0 Å². The van der Waals surface area contributed by atoms with E-state index in [1.54, 1.807) is 0 Å². The zero-order valence-corrected chi connectivity index (χ0v) is 18.6. The van der Waals surface area contributed by atoms with E-state index < -0.39 is 7.30 Å². The van der Waals surface area contributed by atoms with Gasteiger partial charge >= 0.3 is 0 Å². The molecule has 1 amide bonds. The van der Waals surface area contributed by atoms with Crippen molar-refractivity contribution in [3.63, 3.8) is 0 Å². The van der Waals surface area contributed by atoms with Crippen molar-refractivity contribution < 1.29 is 9.59 Å². The maximum absolute atomic E-state index is 12.1. The molecule has 4 atom stereocenters. The number of nitrogens with one attached hydrogen (secondary N) is 3. The van der Waals surface area contributed by atoms with Gasteiger partial charge < -0.3 is 16.0 Å². The average Bonchev–Trinajstić information content (AvgIpc) is 2.56. The highest BCUT2D eigenvalue weighted by molar-refractivity contribution is 8.50. The Morgan fingerprint density at radius 3 is 2.25 bits per heavy atom. The van der Waals surface area contributed by atoms with Crippen LogP contribution in [0.15, 0.2) is 0 Å². The van der Waals surface area contributed by atoms with E-state index in [0.717, 1.165) is 51.6 Å². The molecule has 3 N–H and O–H groups in total. The van der Waals surface area contributed by atoms with Gasteiger partial charge in [0.15, 0.2) is 5.52 Å². The molecule has 0 radical (unpaired) electrons. The first-order chi connectivity index (χ1) is 11.4. The molecule has 0 spiro atoms. The molecule has 0 aromatic carbocycles. The molecule has 0 aliphatic rings. The average molecular weight is 395 g/mol. The Labute approximate surface area is 153 Å². The summed E-state index contributed by atoms with van der Waals surface area (Å²) < 4.78 is 0. The maximum atomic E-state index is 12.1. The van der Waals surface area contributed by atoms with Gasteiger partial charge in [-0.1, -0.05) is 38.1 Å². The number of unbranched alkanes of at least 4 members (excludes halogenated alkanes) is 2. The van der Waals surface area contributed by atoms with Crippen molar-refractivity contribution in [2.24, 2.45) is 5.92 Å². The lowest BCUT2D eigenvalue weighted by molar-refractivity contribution is -0.124. The van der Waals surface area contributed by atoms with Crippen LogP contribution in [0.25, 0.3) is 0 Å². The van der Waals surface area contributed by atoms with Crippen molar-refractivity contribution in [1.29, 1.82) is 0 Å². The van der Waals surface area contributed by atoms with Crippen LogP contribution in [-0.2, 0) is 9.59 Å². The number of carbonyl (C=O) groups is 2. The van der Waals surface area contributed by atoms with Crippen LogP contribution < -0.4 is 16.0 Å². The molecule has 4 unspecified atom stereocenters. The van der Waals surface area contributed by atoms with Gasteiger partial charge in [0.2, 0.25) is 5.91 Å². The van der Waals surface area contributed by atoms with E-state index in [1.807, 2.05) is 20.9 Å². The van der Waals surface area contributed by atoms with Gasteiger partial charge in [0, 0.05) is 19.8 Å². The van der Waals surface area contributed by atoms with Crippen molar-refractivity contribution in [3.8, 4) is 0 Å². The zero-order valence-electron chi connectivity index (χ0n) is 15.4. The second kappa shape index (κ2) is 15.6. The molecule has 0 heterocycles. The lowest BCUT2D eigenvalue weighted by Crippen LogP contribution is -2.35. The summed E-state index contributed by atoms with van der Waals surface area (Å²) in [4.78, 5) is 24.1. The molecule has 24 heavy (non-hydrogen) atoms. The van der Waals surface area contributed by atoms with Gasteiger partial charge in [-0.2, -0.15) is 0 Å². The topological polar surface area (TPSA) is 70.2 Å². The highest BCUT2D eigenvalue weighted by atomic mass is 32.4. The third-order valence-corrected chi connectivity index (χ3v) is 6.33. The van der Waals surface area contributed by atoms with E-state index in [-0.39, 0.29) is 23.4 Å². The monoisotopic (exact) mass is 395 g/mol. The van der Waals surface area contributed by atoms with Gasteiger partial charge in [-0.3, -0.25) is 9.59 Å². The van der Waals surface area contributed by atoms with E-state index in [4.69, 9.17) is 0 Å². The Kier molecular flexibility index (Phi) is 15.8. The number of likely N-dealkylation sites (N-methyl/N-ethyl adjacent to an activating group) is 1. The first-order valence-electron chi connectivity index (χ1n) is 8.93. The van der Waals surface area contributed by atoms with E-state index in [2.05, 4.69) is 33.8 Å². The Hall–Kier alpha value is 0.350. The molecular formula is C16H36N3O2P3. The minimum atomic E-state index is -0.707. The molecule has 0 rings (SSSR count). The zero-order chi connectivity index (χ0) is 18.4. The molecule has 5 nitrogen and oxygen atoms in total. The first kappa shape index (κ1) is 24.4. The fourth-order valence-electron chi connectivity index (χ4n) is 2.48. The SMILES string of the molecule is CCNC(CCCCNC(=O)C(C)CCCCNC)C(=O)P(P)P. The van der Waals surface area contributed by atoms with Crippen LogP contribution in [0.5, 0.6) is 0 Å². The van der Waals surface area contributed by atoms with Crippen LogP contribution in [0, 0.1) is 5.92 Å². The van der Waals surface area contributed by atoms with Crippen LogP contribution in [0.2, 0.25) is 0 Å². The molecule has 0 bridgehead atoms. The summed E-state index contributed by atoms with van der Waals surface area (Å²) in [7, 11) is 6.44. The second-order valence-corrected chi connectivity index (χ2v) is 12.5. The summed E-state index contributed by atoms with van der Waals surface area (Å²) in [5, 5.41) is 9.40. The predicted molar refractivity (Wildman–Crippen MR) is 113 cm³/mol. The predicted octanol–water partition coefficient (Wildman–Crippen LogP) is 2.87. The van der Waals surface area contributed by atoms with Gasteiger partial charge in [-0.15, -0.1) is 0 Å². The van der Waals surface area contributed by atoms with E-state index in [0.29, 0.717) is 6.54 Å². The fourth-order valence-corrected chi connectivity index (χ4v) is 4.14. The van der Waals surface area contributed by atoms with Crippen molar-refractivity contribution in [2.75, 3.05) is 26.7 Å². The Morgan fingerprint density at radius 1 is 1.04 bits per heavy atom. The van der Waals surface area contributed by atoms with Gasteiger partial charge in [0.1, 0.15) is 0 Å². The third-order valence-electron chi connectivity index (χ3n) is 3.98. The number of amides is 1. The minimum absolute atomic E-state index is 0.0575. The van der Waals surface area contributed by atoms with Crippen molar-refractivity contribution in [3.05, 3.63) is 0 Å². The smallest absolute Gasteiger partial charge is 0.222 e. The number of rotatable bonds is 15. The van der Waals surface area contributed by atoms with Crippen molar-refractivity contribution >= 4 is 36.6 Å². The Morgan fingerprint density at radius 2 is 1.67 bits per heavy atom. The van der Waals surface area contributed by atoms with Crippen molar-refractivity contribution in [1.82, 2.24) is 16.0 Å². The lowest BCUT2D eigenvalue weighted by atomic mass is 10.0. The van der Waals surface area contributed by atoms with Crippen LogP contribution in [0.3, 0.4) is 0 Å². The van der Waals surface area contributed by atoms with Crippen LogP contribution in [0.1, 0.15) is 52.4 Å². The molecule has 0 aromatic rings. The highest BCUT2D eigenvalue weighted by Crippen LogP contribution is 2.54. The second-order valence-electron chi connectivity index (χ2n) is 6.14. The molecule has 8 heteroatoms. The van der Waals surface area contributed by atoms with Crippen LogP contribution >= 0.6 is 25.2 Å². The standard InChI is InChI=1S/C16H36N3O2P3/c1-4-18-14(16(21)24(22)23)10-6-8-12-19-15(20)13(2)9-5-7-11-17-3/h13-14,17-18H,4-12,22-23H2,1-3H3,(H,19,20). The third kappa shape index (κ3) is 11.8. The highest BCUT2D eigenvalue weighted by Gasteiger charge is 2.20. The summed E-state index contributed by atoms with van der Waals surface area (Å²) in [6.45, 7) is 6.52. The molecule has 142 valence electrons. The van der Waals surface area contributed by atoms with E-state index >= 15 is 0 Å². The summed E-state index contributed by atoms with van der Waals surface area (Å²) in [5.41, 5.74) is 0.279. The van der Waals surface area contributed by atoms with Crippen LogP contribution in [-0.4, -0.2) is 44.2 Å². The largest absolute Gasteiger partial charge is 0.356 e. The van der Waals surface area contributed by atoms with E-state index in [9.17, 15) is 9.59 Å². The number of hydrogen-bond donors (Lipinski definition) is 3. The minimum Gasteiger partial charge on any atom is -0.356 e. The summed E-state index contributed by atoms with van der Waals surface area (Å²) in [6.07, 6.45) is 5.83. The van der Waals surface area contributed by atoms with Gasteiger partial charge in [0.05, 0.1) is 6.04 Å².